The summed E-state index contributed by atoms with van der Waals surface area (Å²) in [6.45, 7) is 1.90. The second-order valence-corrected chi connectivity index (χ2v) is 3.58. The van der Waals surface area contributed by atoms with Crippen LogP contribution in [0.4, 0.5) is 11.4 Å². The van der Waals surface area contributed by atoms with Crippen LogP contribution in [0.5, 0.6) is 5.95 Å². The molecule has 84 valence electrons. The van der Waals surface area contributed by atoms with Gasteiger partial charge in [0, 0.05) is 23.0 Å². The van der Waals surface area contributed by atoms with Crippen molar-refractivity contribution >= 4 is 11.4 Å². The Hall–Kier alpha value is -2.10. The van der Waals surface area contributed by atoms with Gasteiger partial charge in [0.05, 0.1) is 6.26 Å². The van der Waals surface area contributed by atoms with E-state index in [1.807, 2.05) is 13.0 Å². The normalized spacial score (nSPS) is 12.3. The summed E-state index contributed by atoms with van der Waals surface area (Å²) in [6.07, 6.45) is 1.36. The molecule has 0 radical (unpaired) electrons. The van der Waals surface area contributed by atoms with Gasteiger partial charge in [-0.2, -0.15) is 0 Å². The maximum absolute atomic E-state index is 5.85. The Labute approximate surface area is 93.8 Å². The molecule has 0 fully saturated rings. The topological polar surface area (TPSA) is 74.4 Å². The van der Waals surface area contributed by atoms with Gasteiger partial charge in [-0.15, -0.1) is 0 Å². The Morgan fingerprint density at radius 1 is 1.25 bits per heavy atom. The second-order valence-electron chi connectivity index (χ2n) is 3.58. The summed E-state index contributed by atoms with van der Waals surface area (Å²) in [5.41, 5.74) is 13.7. The highest BCUT2D eigenvalue weighted by atomic mass is 16.6. The Kier molecular flexibility index (Phi) is 2.72. The fourth-order valence-electron chi connectivity index (χ4n) is 1.51. The van der Waals surface area contributed by atoms with Crippen LogP contribution in [-0.4, -0.2) is 0 Å². The predicted molar refractivity (Wildman–Crippen MR) is 63.0 cm³/mol. The summed E-state index contributed by atoms with van der Waals surface area (Å²) in [5, 5.41) is 0. The van der Waals surface area contributed by atoms with E-state index in [-0.39, 0.29) is 6.10 Å². The molecule has 4 heteroatoms. The fraction of sp³-hybridized carbons (Fsp3) is 0.167. The van der Waals surface area contributed by atoms with Crippen molar-refractivity contribution in [3.05, 3.63) is 42.2 Å². The van der Waals surface area contributed by atoms with Crippen LogP contribution in [-0.2, 0) is 0 Å². The lowest BCUT2D eigenvalue weighted by Crippen LogP contribution is -2.06. The number of furan rings is 1. The lowest BCUT2D eigenvalue weighted by Gasteiger charge is -2.15. The fourth-order valence-corrected chi connectivity index (χ4v) is 1.51. The zero-order valence-electron chi connectivity index (χ0n) is 9.01. The van der Waals surface area contributed by atoms with Crippen LogP contribution in [0, 0.1) is 0 Å². The van der Waals surface area contributed by atoms with Crippen LogP contribution in [0.25, 0.3) is 0 Å². The molecule has 1 atom stereocenters. The monoisotopic (exact) mass is 218 g/mol. The van der Waals surface area contributed by atoms with Crippen LogP contribution in [0.1, 0.15) is 18.6 Å². The van der Waals surface area contributed by atoms with E-state index in [0.29, 0.717) is 17.3 Å². The van der Waals surface area contributed by atoms with Gasteiger partial charge in [0.25, 0.3) is 5.95 Å². The van der Waals surface area contributed by atoms with Crippen molar-refractivity contribution in [1.82, 2.24) is 0 Å². The molecule has 0 aliphatic carbocycles. The van der Waals surface area contributed by atoms with Gasteiger partial charge >= 0.3 is 0 Å². The summed E-state index contributed by atoms with van der Waals surface area (Å²) in [4.78, 5) is 0. The molecule has 0 bridgehead atoms. The summed E-state index contributed by atoms with van der Waals surface area (Å²) in [5.74, 6) is 0.467. The molecule has 0 saturated carbocycles. The van der Waals surface area contributed by atoms with E-state index in [9.17, 15) is 0 Å². The van der Waals surface area contributed by atoms with E-state index < -0.39 is 0 Å². The van der Waals surface area contributed by atoms with Crippen molar-refractivity contribution in [1.29, 1.82) is 0 Å². The zero-order valence-corrected chi connectivity index (χ0v) is 9.01. The third kappa shape index (κ3) is 2.11. The maximum atomic E-state index is 5.85. The molecule has 0 saturated heterocycles. The molecule has 2 aromatic rings. The van der Waals surface area contributed by atoms with E-state index in [0.717, 1.165) is 5.56 Å². The van der Waals surface area contributed by atoms with Crippen LogP contribution >= 0.6 is 0 Å². The van der Waals surface area contributed by atoms with Crippen molar-refractivity contribution in [2.75, 3.05) is 11.5 Å². The molecule has 1 heterocycles. The zero-order chi connectivity index (χ0) is 11.5. The first kappa shape index (κ1) is 10.4. The van der Waals surface area contributed by atoms with Crippen LogP contribution in [0.15, 0.2) is 41.0 Å². The molecule has 1 aromatic heterocycles. The van der Waals surface area contributed by atoms with Crippen molar-refractivity contribution in [3.63, 3.8) is 0 Å². The quantitative estimate of drug-likeness (QED) is 0.776. The number of hydrogen-bond donors (Lipinski definition) is 2. The number of rotatable bonds is 3. The third-order valence-corrected chi connectivity index (χ3v) is 2.34. The minimum atomic E-state index is -0.199. The number of nitrogen functional groups attached to an aromatic ring is 2. The van der Waals surface area contributed by atoms with E-state index in [4.69, 9.17) is 20.6 Å². The molecule has 1 unspecified atom stereocenters. The SMILES string of the molecule is CC(Oc1ccco1)c1cc(N)ccc1N. The minimum Gasteiger partial charge on any atom is -0.457 e. The smallest absolute Gasteiger partial charge is 0.284 e. The molecule has 1 aromatic carbocycles. The number of ether oxygens (including phenoxy) is 1. The van der Waals surface area contributed by atoms with Gasteiger partial charge in [-0.1, -0.05) is 0 Å². The summed E-state index contributed by atoms with van der Waals surface area (Å²) >= 11 is 0. The summed E-state index contributed by atoms with van der Waals surface area (Å²) in [6, 6.07) is 8.86. The molecule has 0 amide bonds. The summed E-state index contributed by atoms with van der Waals surface area (Å²) in [7, 11) is 0. The molecule has 4 N–H and O–H groups in total. The van der Waals surface area contributed by atoms with Gasteiger partial charge < -0.3 is 20.6 Å². The average molecular weight is 218 g/mol. The van der Waals surface area contributed by atoms with Gasteiger partial charge in [0.15, 0.2) is 0 Å². The van der Waals surface area contributed by atoms with Crippen molar-refractivity contribution in [2.24, 2.45) is 0 Å². The van der Waals surface area contributed by atoms with Crippen molar-refractivity contribution in [3.8, 4) is 5.95 Å². The molecule has 0 aliphatic heterocycles. The molecule has 16 heavy (non-hydrogen) atoms. The molecule has 0 aliphatic rings. The molecule has 2 rings (SSSR count). The van der Waals surface area contributed by atoms with E-state index >= 15 is 0 Å². The first-order chi connectivity index (χ1) is 7.66. The molecular weight excluding hydrogens is 204 g/mol. The Bertz CT molecular complexity index is 466. The Balaban J connectivity index is 2.20. The molecular formula is C12H14N2O2. The third-order valence-electron chi connectivity index (χ3n) is 2.34. The standard InChI is InChI=1S/C12H14N2O2/c1-8(16-12-3-2-6-15-12)10-7-9(13)4-5-11(10)14/h2-8H,13-14H2,1H3. The highest BCUT2D eigenvalue weighted by Crippen LogP contribution is 2.27. The Morgan fingerprint density at radius 3 is 2.75 bits per heavy atom. The summed E-state index contributed by atoms with van der Waals surface area (Å²) < 4.78 is 10.7. The number of nitrogens with two attached hydrogens (primary N) is 2. The average Bonchev–Trinajstić information content (AvgIpc) is 2.74. The van der Waals surface area contributed by atoms with Gasteiger partial charge in [-0.25, -0.2) is 0 Å². The lowest BCUT2D eigenvalue weighted by molar-refractivity contribution is 0.174. The largest absolute Gasteiger partial charge is 0.457 e. The number of benzene rings is 1. The predicted octanol–water partition coefficient (Wildman–Crippen LogP) is 2.58. The molecule has 0 spiro atoms. The minimum absolute atomic E-state index is 0.199. The van der Waals surface area contributed by atoms with Gasteiger partial charge in [-0.3, -0.25) is 0 Å². The molecule has 4 nitrogen and oxygen atoms in total. The highest BCUT2D eigenvalue weighted by Gasteiger charge is 2.12. The first-order valence-electron chi connectivity index (χ1n) is 5.02. The first-order valence-corrected chi connectivity index (χ1v) is 5.02. The van der Waals surface area contributed by atoms with Crippen LogP contribution in [0.3, 0.4) is 0 Å². The highest BCUT2D eigenvalue weighted by molar-refractivity contribution is 5.56. The van der Waals surface area contributed by atoms with E-state index in [1.165, 1.54) is 0 Å². The van der Waals surface area contributed by atoms with E-state index in [1.54, 1.807) is 30.5 Å². The Morgan fingerprint density at radius 2 is 2.06 bits per heavy atom. The maximum Gasteiger partial charge on any atom is 0.284 e. The van der Waals surface area contributed by atoms with Crippen LogP contribution < -0.4 is 16.2 Å². The van der Waals surface area contributed by atoms with Gasteiger partial charge in [-0.05, 0) is 31.2 Å². The van der Waals surface area contributed by atoms with Crippen LogP contribution in [0.2, 0.25) is 0 Å². The van der Waals surface area contributed by atoms with Crippen molar-refractivity contribution < 1.29 is 9.15 Å². The number of anilines is 2. The van der Waals surface area contributed by atoms with Gasteiger partial charge in [0.1, 0.15) is 6.10 Å². The van der Waals surface area contributed by atoms with E-state index in [2.05, 4.69) is 0 Å². The van der Waals surface area contributed by atoms with Gasteiger partial charge in [0.2, 0.25) is 0 Å². The lowest BCUT2D eigenvalue weighted by atomic mass is 10.1. The number of hydrogen-bond acceptors (Lipinski definition) is 4. The van der Waals surface area contributed by atoms with Crippen molar-refractivity contribution in [2.45, 2.75) is 13.0 Å². The second kappa shape index (κ2) is 4.18.